The van der Waals surface area contributed by atoms with E-state index in [2.05, 4.69) is 68.9 Å². The maximum Gasteiger partial charge on any atom is 0.149 e. The topological polar surface area (TPSA) is 89.4 Å². The van der Waals surface area contributed by atoms with Gasteiger partial charge in [-0.1, -0.05) is 38.5 Å². The van der Waals surface area contributed by atoms with Crippen molar-refractivity contribution in [3.05, 3.63) is 24.3 Å². The van der Waals surface area contributed by atoms with Crippen LogP contribution >= 0.6 is 0 Å². The number of hydrogen-bond donors (Lipinski definition) is 3. The third-order valence-electron chi connectivity index (χ3n) is 7.06. The number of aromatic nitrogens is 1. The Bertz CT molecular complexity index is 966. The molecule has 0 radical (unpaired) electrons. The summed E-state index contributed by atoms with van der Waals surface area (Å²) in [6.07, 6.45) is 3.25. The molecule has 0 amide bonds. The predicted molar refractivity (Wildman–Crippen MR) is 130 cm³/mol. The Morgan fingerprint density at radius 1 is 1.26 bits per heavy atom. The Morgan fingerprint density at radius 2 is 1.97 bits per heavy atom. The highest BCUT2D eigenvalue weighted by molar-refractivity contribution is 6.04. The fourth-order valence-electron chi connectivity index (χ4n) is 5.83. The van der Waals surface area contributed by atoms with Crippen LogP contribution in [0.5, 0.6) is 0 Å². The summed E-state index contributed by atoms with van der Waals surface area (Å²) in [6, 6.07) is 8.28. The molecule has 2 aromatic rings. The number of rotatable bonds is 6. The zero-order valence-corrected chi connectivity index (χ0v) is 20.0. The first-order valence-corrected chi connectivity index (χ1v) is 11.6. The monoisotopic (exact) mass is 425 g/mol. The zero-order chi connectivity index (χ0) is 22.6. The van der Waals surface area contributed by atoms with E-state index < -0.39 is 0 Å². The summed E-state index contributed by atoms with van der Waals surface area (Å²) in [5.74, 6) is 1.14. The fraction of sp³-hybridized carbons (Fsp3) is 0.640. The fourth-order valence-corrected chi connectivity index (χ4v) is 5.83. The third-order valence-corrected chi connectivity index (χ3v) is 7.06. The summed E-state index contributed by atoms with van der Waals surface area (Å²) in [5, 5.41) is 4.84. The van der Waals surface area contributed by atoms with Gasteiger partial charge in [-0.3, -0.25) is 0 Å². The van der Waals surface area contributed by atoms with E-state index >= 15 is 0 Å². The average molecular weight is 426 g/mol. The van der Waals surface area contributed by atoms with Crippen molar-refractivity contribution in [2.75, 3.05) is 29.1 Å². The van der Waals surface area contributed by atoms with Gasteiger partial charge in [0.25, 0.3) is 0 Å². The second kappa shape index (κ2) is 7.52. The SMILES string of the molecule is CCC1CC2Nc3c(N)nc4ccccc4c3N2CC1(C)COC(C)(C)CC(C)(C)N. The van der Waals surface area contributed by atoms with Crippen molar-refractivity contribution in [2.24, 2.45) is 17.1 Å². The summed E-state index contributed by atoms with van der Waals surface area (Å²) in [4.78, 5) is 7.14. The van der Waals surface area contributed by atoms with Gasteiger partial charge in [0.1, 0.15) is 11.5 Å². The molecule has 2 aliphatic rings. The Morgan fingerprint density at radius 3 is 2.65 bits per heavy atom. The van der Waals surface area contributed by atoms with E-state index in [1.54, 1.807) is 0 Å². The Labute approximate surface area is 186 Å². The van der Waals surface area contributed by atoms with E-state index in [1.165, 1.54) is 5.69 Å². The number of nitrogens with zero attached hydrogens (tertiary/aromatic N) is 2. The lowest BCUT2D eigenvalue weighted by Crippen LogP contribution is -2.55. The van der Waals surface area contributed by atoms with Crippen LogP contribution in [-0.4, -0.2) is 35.4 Å². The zero-order valence-electron chi connectivity index (χ0n) is 20.0. The van der Waals surface area contributed by atoms with Gasteiger partial charge in [-0.15, -0.1) is 0 Å². The van der Waals surface area contributed by atoms with Gasteiger partial charge in [-0.2, -0.15) is 0 Å². The Kier molecular flexibility index (Phi) is 5.38. The number of para-hydroxylation sites is 1. The number of fused-ring (bicyclic) bond motifs is 5. The number of pyridine rings is 1. The molecular formula is C25H39N5O. The molecule has 1 aromatic carbocycles. The van der Waals surface area contributed by atoms with E-state index in [0.717, 1.165) is 42.4 Å². The van der Waals surface area contributed by atoms with Crippen LogP contribution in [0.15, 0.2) is 24.3 Å². The predicted octanol–water partition coefficient (Wildman–Crippen LogP) is 4.73. The molecule has 3 atom stereocenters. The molecule has 1 aromatic heterocycles. The molecule has 5 N–H and O–H groups in total. The third kappa shape index (κ3) is 4.20. The first-order valence-electron chi connectivity index (χ1n) is 11.6. The van der Waals surface area contributed by atoms with Crippen molar-refractivity contribution in [1.82, 2.24) is 4.98 Å². The molecule has 0 saturated carbocycles. The van der Waals surface area contributed by atoms with Crippen molar-refractivity contribution in [2.45, 2.75) is 78.1 Å². The average Bonchev–Trinajstić information content (AvgIpc) is 3.03. The van der Waals surface area contributed by atoms with Gasteiger partial charge in [-0.05, 0) is 52.5 Å². The molecule has 0 spiro atoms. The molecule has 1 fully saturated rings. The van der Waals surface area contributed by atoms with E-state index in [0.29, 0.717) is 18.3 Å². The van der Waals surface area contributed by atoms with Crippen LogP contribution in [0.1, 0.15) is 60.8 Å². The summed E-state index contributed by atoms with van der Waals surface area (Å²) in [6.45, 7) is 14.8. The first-order chi connectivity index (χ1) is 14.4. The summed E-state index contributed by atoms with van der Waals surface area (Å²) in [5.41, 5.74) is 15.3. The van der Waals surface area contributed by atoms with Crippen LogP contribution in [0.25, 0.3) is 10.9 Å². The van der Waals surface area contributed by atoms with E-state index in [-0.39, 0.29) is 22.7 Å². The van der Waals surface area contributed by atoms with Crippen LogP contribution < -0.4 is 21.7 Å². The maximum atomic E-state index is 6.56. The number of nitrogens with one attached hydrogen (secondary N) is 1. The lowest BCUT2D eigenvalue weighted by atomic mass is 9.70. The Hall–Kier alpha value is -2.05. The summed E-state index contributed by atoms with van der Waals surface area (Å²) < 4.78 is 6.56. The van der Waals surface area contributed by atoms with Crippen molar-refractivity contribution in [3.63, 3.8) is 0 Å². The summed E-state index contributed by atoms with van der Waals surface area (Å²) in [7, 11) is 0. The van der Waals surface area contributed by atoms with Crippen LogP contribution in [0.3, 0.4) is 0 Å². The van der Waals surface area contributed by atoms with Gasteiger partial charge in [0.2, 0.25) is 0 Å². The normalized spacial score (nSPS) is 26.0. The van der Waals surface area contributed by atoms with Crippen LogP contribution in [0.4, 0.5) is 17.2 Å². The van der Waals surface area contributed by atoms with Gasteiger partial charge < -0.3 is 26.4 Å². The van der Waals surface area contributed by atoms with Crippen molar-refractivity contribution >= 4 is 28.1 Å². The summed E-state index contributed by atoms with van der Waals surface area (Å²) >= 11 is 0. The second-order valence-electron chi connectivity index (χ2n) is 11.2. The van der Waals surface area contributed by atoms with Crippen molar-refractivity contribution in [1.29, 1.82) is 0 Å². The number of piperidine rings is 1. The quantitative estimate of drug-likeness (QED) is 0.620. The number of hydrogen-bond acceptors (Lipinski definition) is 6. The van der Waals surface area contributed by atoms with Crippen LogP contribution in [0.2, 0.25) is 0 Å². The molecule has 31 heavy (non-hydrogen) atoms. The Balaban J connectivity index is 1.64. The molecule has 3 unspecified atom stereocenters. The number of anilines is 3. The smallest absolute Gasteiger partial charge is 0.149 e. The highest BCUT2D eigenvalue weighted by Gasteiger charge is 2.47. The van der Waals surface area contributed by atoms with E-state index in [4.69, 9.17) is 16.2 Å². The minimum Gasteiger partial charge on any atom is -0.382 e. The second-order valence-corrected chi connectivity index (χ2v) is 11.2. The maximum absolute atomic E-state index is 6.56. The number of benzene rings is 1. The minimum atomic E-state index is -0.265. The molecular weight excluding hydrogens is 386 g/mol. The molecule has 2 aliphatic heterocycles. The molecule has 0 aliphatic carbocycles. The highest BCUT2D eigenvalue weighted by Crippen LogP contribution is 2.51. The number of nitrogen functional groups attached to an aromatic ring is 1. The molecule has 6 heteroatoms. The molecule has 0 bridgehead atoms. The standard InChI is InChI=1S/C25H39N5O/c1-7-16-12-19-29-20-21(17-10-8-9-11-18(17)28-22(20)26)30(19)14-25(16,6)15-31-24(4,5)13-23(2,3)27/h8-11,16,19,29H,7,12-15,27H2,1-6H3,(H2,26,28). The molecule has 1 saturated heterocycles. The molecule has 4 rings (SSSR count). The van der Waals surface area contributed by atoms with Crippen molar-refractivity contribution < 1.29 is 4.74 Å². The van der Waals surface area contributed by atoms with Gasteiger partial charge in [-0.25, -0.2) is 4.98 Å². The first kappa shape index (κ1) is 22.2. The molecule has 6 nitrogen and oxygen atoms in total. The largest absolute Gasteiger partial charge is 0.382 e. The minimum absolute atomic E-state index is 0.0314. The lowest BCUT2D eigenvalue weighted by molar-refractivity contribution is -0.0897. The lowest BCUT2D eigenvalue weighted by Gasteiger charge is -2.49. The van der Waals surface area contributed by atoms with Crippen LogP contribution in [0, 0.1) is 11.3 Å². The van der Waals surface area contributed by atoms with Gasteiger partial charge in [0.05, 0.1) is 29.6 Å². The number of ether oxygens (including phenoxy) is 1. The molecule has 170 valence electrons. The number of nitrogens with two attached hydrogens (primary N) is 2. The van der Waals surface area contributed by atoms with E-state index in [1.807, 2.05) is 12.1 Å². The van der Waals surface area contributed by atoms with Gasteiger partial charge in [0.15, 0.2) is 0 Å². The van der Waals surface area contributed by atoms with Crippen LogP contribution in [-0.2, 0) is 4.74 Å². The van der Waals surface area contributed by atoms with Crippen molar-refractivity contribution in [3.8, 4) is 0 Å². The van der Waals surface area contributed by atoms with E-state index in [9.17, 15) is 0 Å². The van der Waals surface area contributed by atoms with Gasteiger partial charge >= 0.3 is 0 Å². The highest BCUT2D eigenvalue weighted by atomic mass is 16.5. The molecule has 3 heterocycles. The van der Waals surface area contributed by atoms with Gasteiger partial charge in [0, 0.05) is 22.9 Å².